The molecular formula is C63H72O4. The van der Waals surface area contributed by atoms with Gasteiger partial charge in [0.15, 0.2) is 0 Å². The van der Waals surface area contributed by atoms with Crippen LogP contribution in [-0.2, 0) is 64.2 Å². The van der Waals surface area contributed by atoms with Crippen molar-refractivity contribution in [3.63, 3.8) is 0 Å². The molecular weight excluding hydrogens is 821 g/mol. The molecule has 0 heterocycles. The van der Waals surface area contributed by atoms with Gasteiger partial charge >= 0.3 is 0 Å². The number of hydrogen-bond acceptors (Lipinski definition) is 4. The van der Waals surface area contributed by atoms with Crippen molar-refractivity contribution in [2.75, 3.05) is 0 Å². The van der Waals surface area contributed by atoms with E-state index in [1.165, 1.54) is 118 Å². The highest BCUT2D eigenvalue weighted by atomic mass is 16.5. The predicted octanol–water partition coefficient (Wildman–Crippen LogP) is 15.6. The molecule has 2 atom stereocenters. The number of aryl methyl sites for hydroxylation is 8. The van der Waals surface area contributed by atoms with E-state index in [0.29, 0.717) is 17.9 Å². The summed E-state index contributed by atoms with van der Waals surface area (Å²) in [4.78, 5) is 0. The van der Waals surface area contributed by atoms with Gasteiger partial charge in [-0.3, -0.25) is 0 Å². The molecule has 0 aromatic heterocycles. The number of hydrogen-bond donors (Lipinski definition) is 2. The summed E-state index contributed by atoms with van der Waals surface area (Å²) < 4.78 is 13.9. The highest BCUT2D eigenvalue weighted by Gasteiger charge is 2.29. The summed E-state index contributed by atoms with van der Waals surface area (Å²) in [6.45, 7) is 13.0. The van der Waals surface area contributed by atoms with Crippen LogP contribution in [0.15, 0.2) is 72.8 Å². The van der Waals surface area contributed by atoms with Crippen molar-refractivity contribution >= 4 is 0 Å². The van der Waals surface area contributed by atoms with E-state index in [4.69, 9.17) is 9.47 Å². The molecule has 6 aromatic rings. The minimum atomic E-state index is -0.186. The van der Waals surface area contributed by atoms with Crippen molar-refractivity contribution in [1.29, 1.82) is 0 Å². The third-order valence-corrected chi connectivity index (χ3v) is 15.8. The Kier molecular flexibility index (Phi) is 13.0. The maximum Gasteiger partial charge on any atom is 0.131 e. The zero-order valence-electron chi connectivity index (χ0n) is 41.2. The van der Waals surface area contributed by atoms with Crippen molar-refractivity contribution in [3.8, 4) is 67.5 Å². The molecule has 10 rings (SSSR count). The van der Waals surface area contributed by atoms with Crippen LogP contribution in [0, 0.1) is 13.8 Å². The first-order chi connectivity index (χ1) is 32.6. The lowest BCUT2D eigenvalue weighted by Crippen LogP contribution is -2.23. The first-order valence-electron chi connectivity index (χ1n) is 26.2. The van der Waals surface area contributed by atoms with E-state index in [1.54, 1.807) is 0 Å². The standard InChI is InChI=1S/C63H72O4/c1-7-42-25-27-58(52(34-42)54-29-38(3)31-56(62(54)64)60-48-21-13-9-17-44(48)36-45-18-10-14-22-49(45)60)66-40(5)33-41(6)67-59-28-26-43(8-2)35-53(59)55-30-39(4)32-57(63(55)65)61-50-23-15-11-19-46(50)37-47-20-12-16-24-51(47)61/h25-32,34-37,40-41,64-65H,7-24,33H2,1-6H3. The van der Waals surface area contributed by atoms with Gasteiger partial charge in [0.2, 0.25) is 0 Å². The average molecular weight is 893 g/mol. The molecule has 2 unspecified atom stereocenters. The van der Waals surface area contributed by atoms with Gasteiger partial charge in [0.1, 0.15) is 23.0 Å². The van der Waals surface area contributed by atoms with Crippen molar-refractivity contribution in [2.24, 2.45) is 0 Å². The number of phenolic OH excluding ortho intramolecular Hbond substituents is 2. The first kappa shape index (κ1) is 45.3. The fourth-order valence-electron chi connectivity index (χ4n) is 12.5. The summed E-state index contributed by atoms with van der Waals surface area (Å²) in [5.74, 6) is 2.27. The Balaban J connectivity index is 0.958. The molecule has 6 aromatic carbocycles. The minimum absolute atomic E-state index is 0.186. The lowest BCUT2D eigenvalue weighted by atomic mass is 9.76. The van der Waals surface area contributed by atoms with Crippen LogP contribution in [0.25, 0.3) is 44.5 Å². The Labute approximate surface area is 400 Å². The molecule has 0 aliphatic heterocycles. The van der Waals surface area contributed by atoms with E-state index in [2.05, 4.69) is 114 Å². The third-order valence-electron chi connectivity index (χ3n) is 15.8. The molecule has 4 nitrogen and oxygen atoms in total. The largest absolute Gasteiger partial charge is 0.507 e. The van der Waals surface area contributed by atoms with E-state index in [1.807, 2.05) is 0 Å². The zero-order chi connectivity index (χ0) is 46.3. The summed E-state index contributed by atoms with van der Waals surface area (Å²) in [5, 5.41) is 25.1. The maximum absolute atomic E-state index is 12.5. The number of fused-ring (bicyclic) bond motifs is 4. The Hall–Kier alpha value is -5.48. The number of phenols is 2. The van der Waals surface area contributed by atoms with E-state index < -0.39 is 0 Å². The first-order valence-corrected chi connectivity index (χ1v) is 26.2. The fraction of sp³-hybridized carbons (Fsp3) is 0.429. The smallest absolute Gasteiger partial charge is 0.131 e. The summed E-state index contributed by atoms with van der Waals surface area (Å²) in [6, 6.07) is 26.7. The number of benzene rings is 6. The number of aromatic hydroxyl groups is 2. The maximum atomic E-state index is 12.5. The molecule has 0 bridgehead atoms. The highest BCUT2D eigenvalue weighted by Crippen LogP contribution is 2.50. The quantitative estimate of drug-likeness (QED) is 0.128. The summed E-state index contributed by atoms with van der Waals surface area (Å²) >= 11 is 0. The molecule has 0 saturated carbocycles. The van der Waals surface area contributed by atoms with E-state index in [9.17, 15) is 10.2 Å². The topological polar surface area (TPSA) is 58.9 Å². The lowest BCUT2D eigenvalue weighted by molar-refractivity contribution is 0.131. The van der Waals surface area contributed by atoms with Crippen LogP contribution in [0.3, 0.4) is 0 Å². The normalized spacial score (nSPS) is 16.3. The van der Waals surface area contributed by atoms with Crippen LogP contribution in [0.2, 0.25) is 0 Å². The molecule has 348 valence electrons. The minimum Gasteiger partial charge on any atom is -0.507 e. The second-order valence-electron chi connectivity index (χ2n) is 20.8. The SMILES string of the molecule is CCc1ccc(OC(C)CC(C)Oc2ccc(CC)cc2-c2cc(C)cc(-c3c4c(cc5c3CCCC5)CCCC4)c2O)c(-c2cc(C)cc(-c3c4c(cc5c3CCCC5)CCCC4)c2O)c1. The average Bonchev–Trinajstić information content (AvgIpc) is 3.34. The van der Waals surface area contributed by atoms with Gasteiger partial charge in [0, 0.05) is 39.8 Å². The van der Waals surface area contributed by atoms with Gasteiger partial charge in [-0.05, 0) is 270 Å². The third kappa shape index (κ3) is 8.91. The number of rotatable bonds is 12. The Bertz CT molecular complexity index is 2580. The summed E-state index contributed by atoms with van der Waals surface area (Å²) in [6.07, 6.45) is 20.6. The van der Waals surface area contributed by atoms with Crippen LogP contribution in [-0.4, -0.2) is 22.4 Å². The highest BCUT2D eigenvalue weighted by molar-refractivity contribution is 5.90. The second-order valence-corrected chi connectivity index (χ2v) is 20.8. The van der Waals surface area contributed by atoms with Crippen LogP contribution in [0.4, 0.5) is 0 Å². The summed E-state index contributed by atoms with van der Waals surface area (Å²) in [7, 11) is 0. The molecule has 0 spiro atoms. The fourth-order valence-corrected chi connectivity index (χ4v) is 12.5. The van der Waals surface area contributed by atoms with Gasteiger partial charge < -0.3 is 19.7 Å². The second kappa shape index (κ2) is 19.3. The molecule has 4 aliphatic carbocycles. The molecule has 0 radical (unpaired) electrons. The van der Waals surface area contributed by atoms with Crippen molar-refractivity contribution in [3.05, 3.63) is 140 Å². The van der Waals surface area contributed by atoms with E-state index in [-0.39, 0.29) is 12.2 Å². The van der Waals surface area contributed by atoms with Gasteiger partial charge in [-0.2, -0.15) is 0 Å². The van der Waals surface area contributed by atoms with Crippen molar-refractivity contribution < 1.29 is 19.7 Å². The van der Waals surface area contributed by atoms with Crippen LogP contribution in [0.5, 0.6) is 23.0 Å². The van der Waals surface area contributed by atoms with Gasteiger partial charge in [-0.25, -0.2) is 0 Å². The van der Waals surface area contributed by atoms with Gasteiger partial charge in [0.25, 0.3) is 0 Å². The number of ether oxygens (including phenoxy) is 2. The van der Waals surface area contributed by atoms with Crippen LogP contribution in [0.1, 0.15) is 152 Å². The predicted molar refractivity (Wildman–Crippen MR) is 278 cm³/mol. The lowest BCUT2D eigenvalue weighted by Gasteiger charge is -2.29. The van der Waals surface area contributed by atoms with Crippen molar-refractivity contribution in [1.82, 2.24) is 0 Å². The van der Waals surface area contributed by atoms with E-state index in [0.717, 1.165) is 120 Å². The van der Waals surface area contributed by atoms with Gasteiger partial charge in [-0.15, -0.1) is 0 Å². The van der Waals surface area contributed by atoms with E-state index >= 15 is 0 Å². The van der Waals surface area contributed by atoms with Crippen LogP contribution >= 0.6 is 0 Å². The van der Waals surface area contributed by atoms with Gasteiger partial charge in [-0.1, -0.05) is 38.1 Å². The Morgan fingerprint density at radius 2 is 0.746 bits per heavy atom. The molecule has 4 heteroatoms. The summed E-state index contributed by atoms with van der Waals surface area (Å²) in [5.41, 5.74) is 24.6. The van der Waals surface area contributed by atoms with Crippen molar-refractivity contribution in [2.45, 2.75) is 176 Å². The molecule has 67 heavy (non-hydrogen) atoms. The molecule has 0 amide bonds. The monoisotopic (exact) mass is 893 g/mol. The zero-order valence-corrected chi connectivity index (χ0v) is 41.2. The van der Waals surface area contributed by atoms with Crippen LogP contribution < -0.4 is 9.47 Å². The Morgan fingerprint density at radius 1 is 0.418 bits per heavy atom. The molecule has 2 N–H and O–H groups in total. The molecule has 0 fully saturated rings. The van der Waals surface area contributed by atoms with Gasteiger partial charge in [0.05, 0.1) is 12.2 Å². The molecule has 4 aliphatic rings. The molecule has 0 saturated heterocycles. The Morgan fingerprint density at radius 3 is 1.09 bits per heavy atom.